The van der Waals surface area contributed by atoms with E-state index in [2.05, 4.69) is 10.1 Å². The van der Waals surface area contributed by atoms with Gasteiger partial charge in [-0.25, -0.2) is 4.79 Å². The summed E-state index contributed by atoms with van der Waals surface area (Å²) in [4.78, 5) is 23.5. The molecule has 0 aromatic heterocycles. The van der Waals surface area contributed by atoms with Crippen LogP contribution in [0.15, 0.2) is 48.5 Å². The zero-order valence-corrected chi connectivity index (χ0v) is 14.4. The molecule has 1 unspecified atom stereocenters. The van der Waals surface area contributed by atoms with Crippen LogP contribution in [-0.4, -0.2) is 32.2 Å². The van der Waals surface area contributed by atoms with Crippen LogP contribution in [0.3, 0.4) is 0 Å². The highest BCUT2D eigenvalue weighted by Gasteiger charge is 2.14. The summed E-state index contributed by atoms with van der Waals surface area (Å²) in [6.07, 6.45) is -0.665. The fourth-order valence-electron chi connectivity index (χ4n) is 2.12. The average molecular weight is 343 g/mol. The normalized spacial score (nSPS) is 11.3. The van der Waals surface area contributed by atoms with E-state index in [1.54, 1.807) is 38.3 Å². The molecule has 0 aliphatic rings. The van der Waals surface area contributed by atoms with E-state index >= 15 is 0 Å². The van der Waals surface area contributed by atoms with Crippen LogP contribution in [0.4, 0.5) is 0 Å². The zero-order valence-electron chi connectivity index (χ0n) is 14.4. The molecule has 0 radical (unpaired) electrons. The van der Waals surface area contributed by atoms with Crippen molar-refractivity contribution in [3.63, 3.8) is 0 Å². The molecule has 0 heterocycles. The van der Waals surface area contributed by atoms with Crippen LogP contribution in [0.1, 0.15) is 22.8 Å². The zero-order chi connectivity index (χ0) is 18.2. The van der Waals surface area contributed by atoms with Gasteiger partial charge in [0.1, 0.15) is 11.5 Å². The molecule has 0 fully saturated rings. The summed E-state index contributed by atoms with van der Waals surface area (Å²) < 4.78 is 15.3. The molecule has 25 heavy (non-hydrogen) atoms. The molecular formula is C19H21NO5. The molecule has 2 aromatic rings. The Hall–Kier alpha value is -3.02. The molecule has 0 bridgehead atoms. The van der Waals surface area contributed by atoms with Crippen molar-refractivity contribution >= 4 is 11.9 Å². The molecule has 1 amide bonds. The summed E-state index contributed by atoms with van der Waals surface area (Å²) in [5.41, 5.74) is 1.38. The molecular weight excluding hydrogens is 322 g/mol. The van der Waals surface area contributed by atoms with Crippen molar-refractivity contribution in [3.05, 3.63) is 59.7 Å². The minimum Gasteiger partial charge on any atom is -0.497 e. The number of rotatable bonds is 7. The highest BCUT2D eigenvalue weighted by Crippen LogP contribution is 2.15. The summed E-state index contributed by atoms with van der Waals surface area (Å²) in [5.74, 6) is 0.617. The number of carbonyl (C=O) groups is 2. The number of esters is 1. The van der Waals surface area contributed by atoms with Crippen LogP contribution >= 0.6 is 0 Å². The van der Waals surface area contributed by atoms with Crippen molar-refractivity contribution in [2.45, 2.75) is 19.6 Å². The van der Waals surface area contributed by atoms with Crippen LogP contribution in [-0.2, 0) is 16.1 Å². The van der Waals surface area contributed by atoms with Gasteiger partial charge in [0.05, 0.1) is 19.8 Å². The van der Waals surface area contributed by atoms with E-state index in [9.17, 15) is 9.59 Å². The fraction of sp³-hybridized carbons (Fsp3) is 0.263. The summed E-state index contributed by atoms with van der Waals surface area (Å²) >= 11 is 0. The molecule has 0 saturated carbocycles. The summed E-state index contributed by atoms with van der Waals surface area (Å²) in [6.45, 7) is 2.06. The van der Waals surface area contributed by atoms with Crippen molar-refractivity contribution < 1.29 is 23.8 Å². The molecule has 0 aliphatic heterocycles. The third kappa shape index (κ3) is 5.24. The monoisotopic (exact) mass is 343 g/mol. The first kappa shape index (κ1) is 18.3. The van der Waals surface area contributed by atoms with Gasteiger partial charge >= 0.3 is 5.97 Å². The highest BCUT2D eigenvalue weighted by atomic mass is 16.5. The fourth-order valence-corrected chi connectivity index (χ4v) is 2.12. The number of hydrogen-bond donors (Lipinski definition) is 1. The number of nitrogens with one attached hydrogen (secondary N) is 1. The van der Waals surface area contributed by atoms with Crippen molar-refractivity contribution in [1.82, 2.24) is 5.32 Å². The van der Waals surface area contributed by atoms with E-state index in [4.69, 9.17) is 9.47 Å². The van der Waals surface area contributed by atoms with Crippen LogP contribution in [0.25, 0.3) is 0 Å². The first-order chi connectivity index (χ1) is 12.0. The van der Waals surface area contributed by atoms with E-state index in [-0.39, 0.29) is 5.91 Å². The predicted molar refractivity (Wildman–Crippen MR) is 92.7 cm³/mol. The van der Waals surface area contributed by atoms with Gasteiger partial charge < -0.3 is 19.5 Å². The largest absolute Gasteiger partial charge is 0.497 e. The number of ether oxygens (including phenoxy) is 3. The highest BCUT2D eigenvalue weighted by molar-refractivity contribution is 5.89. The molecule has 6 nitrogen and oxygen atoms in total. The van der Waals surface area contributed by atoms with Gasteiger partial charge in [0.2, 0.25) is 0 Å². The van der Waals surface area contributed by atoms with Crippen LogP contribution in [0.2, 0.25) is 0 Å². The standard InChI is InChI=1S/C19H21NO5/c1-13(25-17-10-6-15(7-11-17)19(22)24-3)18(21)20-12-14-4-8-16(23-2)9-5-14/h4-11,13H,12H2,1-3H3,(H,20,21). The SMILES string of the molecule is COC(=O)c1ccc(OC(C)C(=O)NCc2ccc(OC)cc2)cc1. The predicted octanol–water partition coefficient (Wildman–Crippen LogP) is 2.57. The summed E-state index contributed by atoms with van der Waals surface area (Å²) in [6, 6.07) is 13.9. The van der Waals surface area contributed by atoms with Crippen LogP contribution in [0.5, 0.6) is 11.5 Å². The first-order valence-electron chi connectivity index (χ1n) is 7.79. The Bertz CT molecular complexity index is 710. The van der Waals surface area contributed by atoms with Gasteiger partial charge in [-0.3, -0.25) is 4.79 Å². The first-order valence-corrected chi connectivity index (χ1v) is 7.79. The molecule has 1 atom stereocenters. The maximum absolute atomic E-state index is 12.1. The van der Waals surface area contributed by atoms with Gasteiger partial charge in [0, 0.05) is 6.54 Å². The third-order valence-corrected chi connectivity index (χ3v) is 3.58. The van der Waals surface area contributed by atoms with Gasteiger partial charge in [-0.15, -0.1) is 0 Å². The second kappa shape index (κ2) is 8.73. The van der Waals surface area contributed by atoms with Crippen LogP contribution < -0.4 is 14.8 Å². The maximum atomic E-state index is 12.1. The van der Waals surface area contributed by atoms with Crippen molar-refractivity contribution in [2.75, 3.05) is 14.2 Å². The number of benzene rings is 2. The minimum atomic E-state index is -0.665. The number of amides is 1. The van der Waals surface area contributed by atoms with Gasteiger partial charge in [0.25, 0.3) is 5.91 Å². The average Bonchev–Trinajstić information content (AvgIpc) is 2.66. The Kier molecular flexibility index (Phi) is 6.39. The van der Waals surface area contributed by atoms with Crippen molar-refractivity contribution in [1.29, 1.82) is 0 Å². The lowest BCUT2D eigenvalue weighted by atomic mass is 10.2. The lowest BCUT2D eigenvalue weighted by Gasteiger charge is -2.15. The number of carbonyl (C=O) groups excluding carboxylic acids is 2. The molecule has 2 rings (SSSR count). The van der Waals surface area contributed by atoms with E-state index in [0.29, 0.717) is 17.9 Å². The number of hydrogen-bond acceptors (Lipinski definition) is 5. The van der Waals surface area contributed by atoms with E-state index < -0.39 is 12.1 Å². The van der Waals surface area contributed by atoms with Crippen molar-refractivity contribution in [2.24, 2.45) is 0 Å². The topological polar surface area (TPSA) is 73.9 Å². The molecule has 132 valence electrons. The Labute approximate surface area is 146 Å². The summed E-state index contributed by atoms with van der Waals surface area (Å²) in [5, 5.41) is 2.82. The summed E-state index contributed by atoms with van der Waals surface area (Å²) in [7, 11) is 2.93. The lowest BCUT2D eigenvalue weighted by Crippen LogP contribution is -2.35. The molecule has 0 aliphatic carbocycles. The third-order valence-electron chi connectivity index (χ3n) is 3.58. The molecule has 1 N–H and O–H groups in total. The maximum Gasteiger partial charge on any atom is 0.337 e. The number of methoxy groups -OCH3 is 2. The Morgan fingerprint density at radius 3 is 2.12 bits per heavy atom. The van der Waals surface area contributed by atoms with Crippen molar-refractivity contribution in [3.8, 4) is 11.5 Å². The molecule has 0 spiro atoms. The second-order valence-electron chi connectivity index (χ2n) is 5.34. The van der Waals surface area contributed by atoms with E-state index in [1.165, 1.54) is 7.11 Å². The van der Waals surface area contributed by atoms with E-state index in [1.807, 2.05) is 24.3 Å². The molecule has 0 saturated heterocycles. The van der Waals surface area contributed by atoms with Gasteiger partial charge in [0.15, 0.2) is 6.10 Å². The quantitative estimate of drug-likeness (QED) is 0.782. The Morgan fingerprint density at radius 2 is 1.56 bits per heavy atom. The smallest absolute Gasteiger partial charge is 0.337 e. The molecule has 6 heteroatoms. The van der Waals surface area contributed by atoms with Crippen LogP contribution in [0, 0.1) is 0 Å². The lowest BCUT2D eigenvalue weighted by molar-refractivity contribution is -0.127. The van der Waals surface area contributed by atoms with Gasteiger partial charge in [-0.05, 0) is 48.9 Å². The van der Waals surface area contributed by atoms with Gasteiger partial charge in [-0.1, -0.05) is 12.1 Å². The molecule has 2 aromatic carbocycles. The second-order valence-corrected chi connectivity index (χ2v) is 5.34. The Balaban J connectivity index is 1.85. The van der Waals surface area contributed by atoms with Gasteiger partial charge in [-0.2, -0.15) is 0 Å². The Morgan fingerprint density at radius 1 is 0.960 bits per heavy atom. The minimum absolute atomic E-state index is 0.229. The van der Waals surface area contributed by atoms with E-state index in [0.717, 1.165) is 11.3 Å².